The molecular formula is C24H23Cl2NO8. The monoisotopic (exact) mass is 523 g/mol. The van der Waals surface area contributed by atoms with E-state index in [1.54, 1.807) is 17.0 Å². The van der Waals surface area contributed by atoms with Crippen molar-refractivity contribution in [1.29, 1.82) is 0 Å². The predicted octanol–water partition coefficient (Wildman–Crippen LogP) is 5.07. The number of piperidine rings is 1. The van der Waals surface area contributed by atoms with Gasteiger partial charge in [-0.1, -0.05) is 28.8 Å². The molecule has 1 aliphatic rings. The predicted molar refractivity (Wildman–Crippen MR) is 129 cm³/mol. The van der Waals surface area contributed by atoms with Gasteiger partial charge in [-0.3, -0.25) is 0 Å². The van der Waals surface area contributed by atoms with Gasteiger partial charge in [-0.15, -0.1) is 0 Å². The lowest BCUT2D eigenvalue weighted by molar-refractivity contribution is 0.0682. The number of hydrogen-bond acceptors (Lipinski definition) is 6. The highest BCUT2D eigenvalue weighted by Crippen LogP contribution is 2.41. The fourth-order valence-electron chi connectivity index (χ4n) is 4.12. The van der Waals surface area contributed by atoms with Crippen molar-refractivity contribution >= 4 is 46.8 Å². The normalized spacial score (nSPS) is 13.3. The minimum absolute atomic E-state index is 0.00626. The number of halogens is 2. The summed E-state index contributed by atoms with van der Waals surface area (Å²) in [4.78, 5) is 37.3. The van der Waals surface area contributed by atoms with Crippen LogP contribution in [0.5, 0.6) is 11.5 Å². The SMILES string of the molecule is COC(=O)N1CCC(=C(c2cc(Cl)c(OC)c(C(=O)O)c2)c2cc(Cl)c(OC)c(C(=O)O)c2)CC1. The summed E-state index contributed by atoms with van der Waals surface area (Å²) in [7, 11) is 3.94. The van der Waals surface area contributed by atoms with Crippen LogP contribution in [0.3, 0.4) is 0 Å². The minimum atomic E-state index is -1.24. The van der Waals surface area contributed by atoms with Gasteiger partial charge in [0.25, 0.3) is 0 Å². The second kappa shape index (κ2) is 10.9. The first-order valence-electron chi connectivity index (χ1n) is 10.4. The Labute approximate surface area is 211 Å². The number of aromatic carboxylic acids is 2. The Morgan fingerprint density at radius 2 is 1.23 bits per heavy atom. The average molecular weight is 524 g/mol. The lowest BCUT2D eigenvalue weighted by atomic mass is 9.87. The van der Waals surface area contributed by atoms with Crippen molar-refractivity contribution in [3.8, 4) is 11.5 Å². The van der Waals surface area contributed by atoms with Gasteiger partial charge in [0.2, 0.25) is 0 Å². The molecule has 186 valence electrons. The maximum atomic E-state index is 11.9. The molecule has 35 heavy (non-hydrogen) atoms. The molecule has 1 amide bonds. The molecule has 11 heteroatoms. The van der Waals surface area contributed by atoms with Crippen molar-refractivity contribution in [3.63, 3.8) is 0 Å². The van der Waals surface area contributed by atoms with Crippen LogP contribution in [-0.2, 0) is 4.74 Å². The molecular weight excluding hydrogens is 501 g/mol. The fraction of sp³-hybridized carbons (Fsp3) is 0.292. The minimum Gasteiger partial charge on any atom is -0.494 e. The Morgan fingerprint density at radius 3 is 1.57 bits per heavy atom. The first-order chi connectivity index (χ1) is 16.6. The topological polar surface area (TPSA) is 123 Å². The molecule has 1 heterocycles. The molecule has 0 bridgehead atoms. The Bertz CT molecular complexity index is 1140. The van der Waals surface area contributed by atoms with Crippen molar-refractivity contribution in [1.82, 2.24) is 4.90 Å². The molecule has 0 saturated carbocycles. The van der Waals surface area contributed by atoms with Crippen molar-refractivity contribution in [2.75, 3.05) is 34.4 Å². The fourth-order valence-corrected chi connectivity index (χ4v) is 4.71. The van der Waals surface area contributed by atoms with E-state index >= 15 is 0 Å². The molecule has 2 aromatic rings. The number of ether oxygens (including phenoxy) is 3. The molecule has 0 atom stereocenters. The number of amides is 1. The molecule has 1 saturated heterocycles. The van der Waals surface area contributed by atoms with Crippen LogP contribution < -0.4 is 9.47 Å². The van der Waals surface area contributed by atoms with Gasteiger partial charge in [-0.25, -0.2) is 14.4 Å². The summed E-state index contributed by atoms with van der Waals surface area (Å²) in [5.41, 5.74) is 1.99. The number of carbonyl (C=O) groups excluding carboxylic acids is 1. The number of rotatable bonds is 6. The van der Waals surface area contributed by atoms with Crippen molar-refractivity contribution in [3.05, 3.63) is 62.1 Å². The van der Waals surface area contributed by atoms with E-state index in [4.69, 9.17) is 37.4 Å². The number of carboxylic acids is 2. The number of hydrogen-bond donors (Lipinski definition) is 2. The van der Waals surface area contributed by atoms with Gasteiger partial charge in [0.15, 0.2) is 11.5 Å². The van der Waals surface area contributed by atoms with E-state index in [1.807, 2.05) is 0 Å². The van der Waals surface area contributed by atoms with Gasteiger partial charge < -0.3 is 29.3 Å². The highest BCUT2D eigenvalue weighted by Gasteiger charge is 2.26. The second-order valence-electron chi connectivity index (χ2n) is 7.62. The van der Waals surface area contributed by atoms with Gasteiger partial charge in [0, 0.05) is 13.1 Å². The Balaban J connectivity index is 2.28. The number of methoxy groups -OCH3 is 3. The summed E-state index contributed by atoms with van der Waals surface area (Å²) in [6, 6.07) is 5.95. The van der Waals surface area contributed by atoms with Crippen molar-refractivity contribution in [2.45, 2.75) is 12.8 Å². The Morgan fingerprint density at radius 1 is 0.800 bits per heavy atom. The third-order valence-electron chi connectivity index (χ3n) is 5.69. The lowest BCUT2D eigenvalue weighted by Gasteiger charge is -2.29. The first kappa shape index (κ1) is 26.2. The lowest BCUT2D eigenvalue weighted by Crippen LogP contribution is -2.36. The Hall–Kier alpha value is -3.43. The molecule has 1 aliphatic heterocycles. The first-order valence-corrected chi connectivity index (χ1v) is 11.2. The molecule has 3 rings (SSSR count). The molecule has 1 fully saturated rings. The van der Waals surface area contributed by atoms with Gasteiger partial charge >= 0.3 is 18.0 Å². The molecule has 9 nitrogen and oxygen atoms in total. The third kappa shape index (κ3) is 5.31. The van der Waals surface area contributed by atoms with Crippen LogP contribution in [0, 0.1) is 0 Å². The van der Waals surface area contributed by atoms with Crippen LogP contribution in [0.1, 0.15) is 44.7 Å². The highest BCUT2D eigenvalue weighted by molar-refractivity contribution is 6.33. The maximum Gasteiger partial charge on any atom is 0.409 e. The van der Waals surface area contributed by atoms with Crippen LogP contribution in [0.4, 0.5) is 4.79 Å². The van der Waals surface area contributed by atoms with E-state index in [2.05, 4.69) is 0 Å². The number of likely N-dealkylation sites (tertiary alicyclic amines) is 1. The molecule has 0 radical (unpaired) electrons. The maximum absolute atomic E-state index is 11.9. The summed E-state index contributed by atoms with van der Waals surface area (Å²) in [6.07, 6.45) is 0.414. The zero-order valence-electron chi connectivity index (χ0n) is 19.2. The molecule has 2 N–H and O–H groups in total. The van der Waals surface area contributed by atoms with Gasteiger partial charge in [-0.2, -0.15) is 0 Å². The van der Waals surface area contributed by atoms with Gasteiger partial charge in [-0.05, 0) is 53.8 Å². The number of carboxylic acid groups (broad SMARTS) is 2. The van der Waals surface area contributed by atoms with E-state index in [0.29, 0.717) is 42.6 Å². The third-order valence-corrected chi connectivity index (χ3v) is 6.25. The summed E-state index contributed by atoms with van der Waals surface area (Å²) < 4.78 is 15.1. The van der Waals surface area contributed by atoms with E-state index in [1.165, 1.54) is 33.5 Å². The summed E-state index contributed by atoms with van der Waals surface area (Å²) in [6.45, 7) is 0.716. The molecule has 0 spiro atoms. The number of benzene rings is 2. The molecule has 0 unspecified atom stereocenters. The van der Waals surface area contributed by atoms with Crippen LogP contribution in [0.2, 0.25) is 10.0 Å². The van der Waals surface area contributed by atoms with Crippen LogP contribution in [0.25, 0.3) is 5.57 Å². The average Bonchev–Trinajstić information content (AvgIpc) is 2.83. The van der Waals surface area contributed by atoms with Crippen molar-refractivity contribution < 1.29 is 38.8 Å². The molecule has 2 aromatic carbocycles. The molecule has 0 aromatic heterocycles. The van der Waals surface area contributed by atoms with Gasteiger partial charge in [0.05, 0.1) is 31.4 Å². The second-order valence-corrected chi connectivity index (χ2v) is 8.44. The summed E-state index contributed by atoms with van der Waals surface area (Å²) in [5.74, 6) is -2.47. The zero-order chi connectivity index (χ0) is 25.9. The quantitative estimate of drug-likeness (QED) is 0.537. The molecule has 0 aliphatic carbocycles. The van der Waals surface area contributed by atoms with E-state index in [0.717, 1.165) is 5.57 Å². The van der Waals surface area contributed by atoms with Crippen LogP contribution >= 0.6 is 23.2 Å². The zero-order valence-corrected chi connectivity index (χ0v) is 20.7. The van der Waals surface area contributed by atoms with Crippen LogP contribution in [-0.4, -0.2) is 67.6 Å². The number of carbonyl (C=O) groups is 3. The van der Waals surface area contributed by atoms with Crippen molar-refractivity contribution in [2.24, 2.45) is 0 Å². The van der Waals surface area contributed by atoms with Crippen LogP contribution in [0.15, 0.2) is 29.8 Å². The standard InChI is InChI=1S/C24H23Cl2NO8/c1-33-20-15(22(28)29)8-13(10-17(20)25)19(12-4-6-27(7-5-12)24(32)35-3)14-9-16(23(30)31)21(34-2)18(26)11-14/h8-11H,4-7H2,1-3H3,(H,28,29)(H,30,31). The highest BCUT2D eigenvalue weighted by atomic mass is 35.5. The van der Waals surface area contributed by atoms with E-state index in [9.17, 15) is 24.6 Å². The summed E-state index contributed by atoms with van der Waals surface area (Å²) in [5, 5.41) is 19.6. The largest absolute Gasteiger partial charge is 0.494 e. The van der Waals surface area contributed by atoms with E-state index in [-0.39, 0.29) is 32.7 Å². The Kier molecular flexibility index (Phi) is 8.14. The van der Waals surface area contributed by atoms with E-state index < -0.39 is 18.0 Å². The smallest absolute Gasteiger partial charge is 0.409 e. The number of nitrogens with zero attached hydrogens (tertiary/aromatic N) is 1. The van der Waals surface area contributed by atoms with Gasteiger partial charge in [0.1, 0.15) is 11.1 Å². The summed E-state index contributed by atoms with van der Waals surface area (Å²) >= 11 is 12.7.